The number of nitro benzene ring substituents is 1. The second-order valence-corrected chi connectivity index (χ2v) is 5.57. The van der Waals surface area contributed by atoms with Crippen molar-refractivity contribution in [1.82, 2.24) is 4.65 Å². The number of carbonyl (C=O) groups is 3. The van der Waals surface area contributed by atoms with Gasteiger partial charge in [-0.15, -0.1) is 0 Å². The number of hydrogen-bond acceptors (Lipinski definition) is 6. The Labute approximate surface area is 146 Å². The molecule has 2 aromatic carbocycles. The van der Waals surface area contributed by atoms with E-state index in [1.165, 1.54) is 12.1 Å². The smallest absolute Gasteiger partial charge is 0.368 e. The zero-order chi connectivity index (χ0) is 18.9. The molecule has 132 valence electrons. The Hall–Kier alpha value is -3.59. The third-order valence-corrected chi connectivity index (χ3v) is 4.00. The van der Waals surface area contributed by atoms with Gasteiger partial charge in [0, 0.05) is 16.8 Å². The van der Waals surface area contributed by atoms with Gasteiger partial charge in [0.05, 0.1) is 23.3 Å². The monoisotopic (exact) mass is 357 g/mol. The van der Waals surface area contributed by atoms with Crippen LogP contribution in [-0.4, -0.2) is 27.8 Å². The average molecular weight is 357 g/mol. The Morgan fingerprint density at radius 2 is 1.69 bits per heavy atom. The molecule has 1 aliphatic rings. The quantitative estimate of drug-likeness (QED) is 0.377. The molecule has 26 heavy (non-hydrogen) atoms. The van der Waals surface area contributed by atoms with Crippen molar-refractivity contribution in [1.29, 1.82) is 0 Å². The van der Waals surface area contributed by atoms with Crippen molar-refractivity contribution in [2.45, 2.75) is 12.8 Å². The molecule has 1 saturated heterocycles. The van der Waals surface area contributed by atoms with E-state index in [1.807, 2.05) is 0 Å². The second kappa shape index (κ2) is 6.37. The fourth-order valence-electron chi connectivity index (χ4n) is 2.79. The SMILES string of the molecule is O=C(O)c1ccc([N+](=O)[O-])c([N+]2(Oc3ccccc3)C(=O)CCC2=O)c1. The number of carboxylic acid groups (broad SMARTS) is 1. The van der Waals surface area contributed by atoms with Crippen molar-refractivity contribution in [3.05, 3.63) is 64.2 Å². The first-order chi connectivity index (χ1) is 12.4. The topological polar surface area (TPSA) is 124 Å². The largest absolute Gasteiger partial charge is 0.478 e. The van der Waals surface area contributed by atoms with Crippen LogP contribution in [0.4, 0.5) is 11.4 Å². The van der Waals surface area contributed by atoms with Gasteiger partial charge in [-0.2, -0.15) is 0 Å². The van der Waals surface area contributed by atoms with Gasteiger partial charge in [-0.3, -0.25) is 15.0 Å². The minimum absolute atomic E-state index is 0.145. The molecule has 0 unspecified atom stereocenters. The summed E-state index contributed by atoms with van der Waals surface area (Å²) in [5, 5.41) is 20.6. The number of imide groups is 1. The third kappa shape index (κ3) is 2.70. The lowest BCUT2D eigenvalue weighted by Gasteiger charge is -2.25. The number of quaternary nitrogens is 1. The zero-order valence-electron chi connectivity index (χ0n) is 13.3. The highest BCUT2D eigenvalue weighted by atomic mass is 16.7. The molecule has 0 aromatic heterocycles. The fraction of sp³-hybridized carbons (Fsp3) is 0.118. The first kappa shape index (κ1) is 17.2. The summed E-state index contributed by atoms with van der Waals surface area (Å²) in [5.41, 5.74) is -1.30. The third-order valence-electron chi connectivity index (χ3n) is 4.00. The maximum Gasteiger partial charge on any atom is 0.368 e. The van der Waals surface area contributed by atoms with E-state index in [0.29, 0.717) is 0 Å². The van der Waals surface area contributed by atoms with Crippen LogP contribution >= 0.6 is 0 Å². The zero-order valence-corrected chi connectivity index (χ0v) is 13.3. The van der Waals surface area contributed by atoms with Gasteiger partial charge in [-0.25, -0.2) is 14.4 Å². The minimum Gasteiger partial charge on any atom is -0.478 e. The van der Waals surface area contributed by atoms with E-state index in [2.05, 4.69) is 0 Å². The summed E-state index contributed by atoms with van der Waals surface area (Å²) in [5.74, 6) is -2.61. The maximum atomic E-state index is 12.6. The number of nitro groups is 1. The number of carboxylic acids is 1. The van der Waals surface area contributed by atoms with Gasteiger partial charge in [0.25, 0.3) is 5.69 Å². The molecular formula is C17H13N2O7+. The van der Waals surface area contributed by atoms with Crippen molar-refractivity contribution in [2.24, 2.45) is 0 Å². The summed E-state index contributed by atoms with van der Waals surface area (Å²) >= 11 is 0. The van der Waals surface area contributed by atoms with Crippen LogP contribution in [0.25, 0.3) is 0 Å². The minimum atomic E-state index is -1.37. The van der Waals surface area contributed by atoms with Crippen molar-refractivity contribution in [2.75, 3.05) is 0 Å². The number of hydroxylamine groups is 2. The molecule has 1 aliphatic heterocycles. The lowest BCUT2D eigenvalue weighted by Crippen LogP contribution is -2.56. The highest BCUT2D eigenvalue weighted by Gasteiger charge is 2.59. The highest BCUT2D eigenvalue weighted by molar-refractivity contribution is 6.14. The van der Waals surface area contributed by atoms with Gasteiger partial charge in [-0.05, 0) is 18.2 Å². The van der Waals surface area contributed by atoms with Gasteiger partial charge in [0.15, 0.2) is 5.75 Å². The van der Waals surface area contributed by atoms with Gasteiger partial charge in [0.1, 0.15) is 0 Å². The molecule has 2 aromatic rings. The summed E-state index contributed by atoms with van der Waals surface area (Å²) in [6, 6.07) is 10.8. The Morgan fingerprint density at radius 3 is 2.23 bits per heavy atom. The van der Waals surface area contributed by atoms with Crippen LogP contribution in [0.1, 0.15) is 23.2 Å². The number of rotatable bonds is 5. The van der Waals surface area contributed by atoms with Crippen LogP contribution in [0, 0.1) is 10.1 Å². The first-order valence-electron chi connectivity index (χ1n) is 7.59. The lowest BCUT2D eigenvalue weighted by molar-refractivity contribution is -0.385. The summed E-state index contributed by atoms with van der Waals surface area (Å²) in [6.45, 7) is 0. The fourth-order valence-corrected chi connectivity index (χ4v) is 2.79. The van der Waals surface area contributed by atoms with E-state index in [4.69, 9.17) is 4.84 Å². The number of benzene rings is 2. The number of hydrogen-bond donors (Lipinski definition) is 1. The molecule has 0 radical (unpaired) electrons. The van der Waals surface area contributed by atoms with Crippen LogP contribution in [0.5, 0.6) is 5.75 Å². The molecule has 1 heterocycles. The van der Waals surface area contributed by atoms with E-state index in [9.17, 15) is 29.6 Å². The molecule has 0 spiro atoms. The van der Waals surface area contributed by atoms with Crippen molar-refractivity contribution in [3.63, 3.8) is 0 Å². The number of carbonyl (C=O) groups excluding carboxylic acids is 2. The summed E-state index contributed by atoms with van der Waals surface area (Å²) in [4.78, 5) is 52.8. The molecule has 2 amide bonds. The Bertz CT molecular complexity index is 908. The number of nitrogens with zero attached hydrogens (tertiary/aromatic N) is 2. The first-order valence-corrected chi connectivity index (χ1v) is 7.59. The predicted molar refractivity (Wildman–Crippen MR) is 88.2 cm³/mol. The molecule has 0 aliphatic carbocycles. The molecule has 1 fully saturated rings. The Morgan fingerprint density at radius 1 is 1.08 bits per heavy atom. The normalized spacial score (nSPS) is 15.7. The lowest BCUT2D eigenvalue weighted by atomic mass is 10.1. The Balaban J connectivity index is 2.27. The van der Waals surface area contributed by atoms with E-state index in [-0.39, 0.29) is 24.2 Å². The van der Waals surface area contributed by atoms with Gasteiger partial charge in [-0.1, -0.05) is 18.2 Å². The van der Waals surface area contributed by atoms with Crippen LogP contribution < -0.4 is 9.48 Å². The number of para-hydroxylation sites is 1. The van der Waals surface area contributed by atoms with Gasteiger partial charge >= 0.3 is 23.5 Å². The van der Waals surface area contributed by atoms with E-state index in [0.717, 1.165) is 18.2 Å². The standard InChI is InChI=1S/C17H12N2O7/c20-15-8-9-16(21)19(15,26-12-4-2-1-3-5-12)14-10-11(17(22)23)6-7-13(14)18(24)25/h1-7,10H,8-9H2/p+1. The van der Waals surface area contributed by atoms with Crippen molar-refractivity contribution >= 4 is 29.2 Å². The molecule has 1 N–H and O–H groups in total. The summed E-state index contributed by atoms with van der Waals surface area (Å²) < 4.78 is -1.37. The Kier molecular flexibility index (Phi) is 4.23. The van der Waals surface area contributed by atoms with E-state index in [1.54, 1.807) is 18.2 Å². The molecule has 0 bridgehead atoms. The summed E-state index contributed by atoms with van der Waals surface area (Å²) in [7, 11) is 0. The molecule has 3 rings (SSSR count). The molecule has 0 atom stereocenters. The molecule has 9 heteroatoms. The predicted octanol–water partition coefficient (Wildman–Crippen LogP) is 2.44. The van der Waals surface area contributed by atoms with Crippen molar-refractivity contribution in [3.8, 4) is 5.75 Å². The number of aromatic carboxylic acids is 1. The van der Waals surface area contributed by atoms with Gasteiger partial charge < -0.3 is 5.11 Å². The van der Waals surface area contributed by atoms with Crippen LogP contribution in [0.2, 0.25) is 0 Å². The van der Waals surface area contributed by atoms with Gasteiger partial charge in [0.2, 0.25) is 0 Å². The van der Waals surface area contributed by atoms with Crippen molar-refractivity contribution < 1.29 is 29.3 Å². The molecule has 0 saturated carbocycles. The average Bonchev–Trinajstić information content (AvgIpc) is 2.91. The molecular weight excluding hydrogens is 344 g/mol. The summed E-state index contributed by atoms with van der Waals surface area (Å²) in [6.07, 6.45) is -0.333. The highest BCUT2D eigenvalue weighted by Crippen LogP contribution is 2.40. The van der Waals surface area contributed by atoms with Crippen LogP contribution in [-0.2, 0) is 9.59 Å². The van der Waals surface area contributed by atoms with E-state index < -0.39 is 38.7 Å². The van der Waals surface area contributed by atoms with Crippen LogP contribution in [0.3, 0.4) is 0 Å². The van der Waals surface area contributed by atoms with Crippen LogP contribution in [0.15, 0.2) is 48.5 Å². The maximum absolute atomic E-state index is 12.6. The van der Waals surface area contributed by atoms with E-state index >= 15 is 0 Å². The molecule has 9 nitrogen and oxygen atoms in total. The number of amides is 2. The second-order valence-electron chi connectivity index (χ2n) is 5.57.